The molecule has 0 spiro atoms. The van der Waals surface area contributed by atoms with Gasteiger partial charge in [-0.25, -0.2) is 0 Å². The molecule has 7 nitrogen and oxygen atoms in total. The van der Waals surface area contributed by atoms with Gasteiger partial charge >= 0.3 is 0 Å². The lowest BCUT2D eigenvalue weighted by atomic mass is 10.0. The Hall–Kier alpha value is -1.80. The van der Waals surface area contributed by atoms with E-state index >= 15 is 0 Å². The van der Waals surface area contributed by atoms with E-state index in [2.05, 4.69) is 46.4 Å². The lowest BCUT2D eigenvalue weighted by molar-refractivity contribution is 0.113. The largest absolute Gasteiger partial charge is 0.394 e. The molecule has 1 fully saturated rings. The van der Waals surface area contributed by atoms with Crippen molar-refractivity contribution in [1.82, 2.24) is 26.2 Å². The third-order valence-electron chi connectivity index (χ3n) is 5.11. The Bertz CT molecular complexity index is 622. The number of fused-ring (bicyclic) bond motifs is 2. The zero-order valence-electron chi connectivity index (χ0n) is 13.7. The maximum Gasteiger partial charge on any atom is 0.0877 e. The van der Waals surface area contributed by atoms with Crippen molar-refractivity contribution in [2.75, 3.05) is 19.8 Å². The summed E-state index contributed by atoms with van der Waals surface area (Å²) in [5.41, 5.74) is 3.48. The smallest absolute Gasteiger partial charge is 0.0877 e. The molecule has 0 bridgehead atoms. The molecule has 0 aromatic carbocycles. The molecule has 3 aliphatic heterocycles. The number of nitrogens with zero attached hydrogens (tertiary/aromatic N) is 1. The molecule has 0 aromatic rings. The van der Waals surface area contributed by atoms with Crippen molar-refractivity contribution < 1.29 is 10.2 Å². The lowest BCUT2D eigenvalue weighted by Crippen LogP contribution is -2.67. The Morgan fingerprint density at radius 3 is 2.88 bits per heavy atom. The zero-order valence-corrected chi connectivity index (χ0v) is 13.7. The van der Waals surface area contributed by atoms with Crippen LogP contribution in [0.5, 0.6) is 0 Å². The van der Waals surface area contributed by atoms with E-state index in [-0.39, 0.29) is 37.8 Å². The van der Waals surface area contributed by atoms with Crippen LogP contribution in [0.25, 0.3) is 0 Å². The van der Waals surface area contributed by atoms with Gasteiger partial charge in [-0.3, -0.25) is 10.6 Å². The quantitative estimate of drug-likeness (QED) is 0.380. The summed E-state index contributed by atoms with van der Waals surface area (Å²) in [6, 6.07) is -0.226. The van der Waals surface area contributed by atoms with Crippen molar-refractivity contribution in [2.24, 2.45) is 5.92 Å². The average molecular weight is 331 g/mol. The average Bonchev–Trinajstić information content (AvgIpc) is 3.22. The van der Waals surface area contributed by atoms with Gasteiger partial charge in [0.2, 0.25) is 0 Å². The maximum atomic E-state index is 9.33. The Morgan fingerprint density at radius 2 is 2.12 bits per heavy atom. The second-order valence-corrected chi connectivity index (χ2v) is 6.80. The molecule has 4 rings (SSSR count). The molecule has 0 aromatic heterocycles. The Kier molecular flexibility index (Phi) is 4.09. The summed E-state index contributed by atoms with van der Waals surface area (Å²) in [4.78, 5) is 2.00. The van der Waals surface area contributed by atoms with Gasteiger partial charge in [-0.2, -0.15) is 0 Å². The first-order valence-corrected chi connectivity index (χ1v) is 8.51. The Balaban J connectivity index is 1.45. The van der Waals surface area contributed by atoms with Gasteiger partial charge < -0.3 is 25.7 Å². The lowest BCUT2D eigenvalue weighted by Gasteiger charge is -2.40. The van der Waals surface area contributed by atoms with E-state index in [1.165, 1.54) is 5.57 Å². The molecule has 1 aliphatic carbocycles. The van der Waals surface area contributed by atoms with Crippen molar-refractivity contribution in [2.45, 2.75) is 31.5 Å². The van der Waals surface area contributed by atoms with Crippen LogP contribution >= 0.6 is 0 Å². The highest BCUT2D eigenvalue weighted by Gasteiger charge is 2.36. The molecular weight excluding hydrogens is 306 g/mol. The van der Waals surface area contributed by atoms with Crippen molar-refractivity contribution in [3.8, 4) is 0 Å². The molecule has 0 saturated carbocycles. The molecule has 0 radical (unpaired) electrons. The SMILES string of the molecule is CC1NC2NC=CC2C(NC2=CC3=CN(C(CO)CO)CC3=C2)N1. The number of hydrogen-bond acceptors (Lipinski definition) is 7. The molecule has 24 heavy (non-hydrogen) atoms. The van der Waals surface area contributed by atoms with E-state index in [0.717, 1.165) is 17.8 Å². The van der Waals surface area contributed by atoms with Gasteiger partial charge in [0.1, 0.15) is 0 Å². The van der Waals surface area contributed by atoms with Gasteiger partial charge in [0.25, 0.3) is 0 Å². The van der Waals surface area contributed by atoms with Crippen LogP contribution < -0.4 is 21.3 Å². The normalized spacial score (nSPS) is 33.8. The van der Waals surface area contributed by atoms with Gasteiger partial charge in [0, 0.05) is 24.4 Å². The van der Waals surface area contributed by atoms with Crippen LogP contribution in [0.4, 0.5) is 0 Å². The van der Waals surface area contributed by atoms with Crippen LogP contribution in [0, 0.1) is 5.92 Å². The number of allylic oxidation sites excluding steroid dienone is 2. The minimum atomic E-state index is -0.226. The monoisotopic (exact) mass is 331 g/mol. The fraction of sp³-hybridized carbons (Fsp3) is 0.529. The number of aliphatic hydroxyl groups is 2. The van der Waals surface area contributed by atoms with Crippen molar-refractivity contribution in [3.05, 3.63) is 47.5 Å². The number of aliphatic hydroxyl groups excluding tert-OH is 2. The number of hydrogen-bond donors (Lipinski definition) is 6. The van der Waals surface area contributed by atoms with Crippen LogP contribution in [0.3, 0.4) is 0 Å². The summed E-state index contributed by atoms with van der Waals surface area (Å²) in [6.07, 6.45) is 11.2. The Morgan fingerprint density at radius 1 is 1.29 bits per heavy atom. The summed E-state index contributed by atoms with van der Waals surface area (Å²) in [5.74, 6) is 0.347. The van der Waals surface area contributed by atoms with E-state index in [1.807, 2.05) is 17.3 Å². The van der Waals surface area contributed by atoms with Crippen LogP contribution in [0.2, 0.25) is 0 Å². The first-order valence-electron chi connectivity index (χ1n) is 8.51. The van der Waals surface area contributed by atoms with Gasteiger partial charge in [-0.05, 0) is 36.4 Å². The van der Waals surface area contributed by atoms with Gasteiger partial charge in [-0.1, -0.05) is 6.08 Å². The summed E-state index contributed by atoms with van der Waals surface area (Å²) in [5, 5.41) is 32.6. The van der Waals surface area contributed by atoms with Crippen LogP contribution in [-0.4, -0.2) is 59.4 Å². The molecular formula is C17H25N5O2. The van der Waals surface area contributed by atoms with E-state index in [9.17, 15) is 10.2 Å². The summed E-state index contributed by atoms with van der Waals surface area (Å²) in [7, 11) is 0. The van der Waals surface area contributed by atoms with E-state index in [4.69, 9.17) is 0 Å². The molecule has 4 atom stereocenters. The van der Waals surface area contributed by atoms with Crippen LogP contribution in [0.15, 0.2) is 47.5 Å². The minimum Gasteiger partial charge on any atom is -0.394 e. The molecule has 1 saturated heterocycles. The number of rotatable bonds is 5. The number of nitrogens with one attached hydrogen (secondary N) is 4. The highest BCUT2D eigenvalue weighted by atomic mass is 16.3. The van der Waals surface area contributed by atoms with E-state index in [0.29, 0.717) is 5.92 Å². The van der Waals surface area contributed by atoms with E-state index in [1.54, 1.807) is 0 Å². The second kappa shape index (κ2) is 6.25. The van der Waals surface area contributed by atoms with Crippen molar-refractivity contribution >= 4 is 0 Å². The predicted octanol–water partition coefficient (Wildman–Crippen LogP) is -1.12. The van der Waals surface area contributed by atoms with Crippen LogP contribution in [0.1, 0.15) is 6.92 Å². The first-order chi connectivity index (χ1) is 11.7. The van der Waals surface area contributed by atoms with Gasteiger partial charge in [0.05, 0.1) is 37.8 Å². The van der Waals surface area contributed by atoms with E-state index < -0.39 is 0 Å². The molecule has 4 aliphatic rings. The minimum absolute atomic E-state index is 0.0400. The first kappa shape index (κ1) is 15.7. The molecule has 3 heterocycles. The third-order valence-corrected chi connectivity index (χ3v) is 5.11. The van der Waals surface area contributed by atoms with Gasteiger partial charge in [0.15, 0.2) is 0 Å². The summed E-state index contributed by atoms with van der Waals surface area (Å²) in [6.45, 7) is 2.77. The van der Waals surface area contributed by atoms with Crippen molar-refractivity contribution in [3.63, 3.8) is 0 Å². The third kappa shape index (κ3) is 2.73. The fourth-order valence-electron chi connectivity index (χ4n) is 3.81. The highest BCUT2D eigenvalue weighted by Crippen LogP contribution is 2.31. The molecule has 0 amide bonds. The molecule has 6 N–H and O–H groups in total. The molecule has 130 valence electrons. The fourth-order valence-corrected chi connectivity index (χ4v) is 3.81. The summed E-state index contributed by atoms with van der Waals surface area (Å²) >= 11 is 0. The Labute approximate surface area is 141 Å². The maximum absolute atomic E-state index is 9.33. The molecule has 7 heteroatoms. The van der Waals surface area contributed by atoms with Gasteiger partial charge in [-0.15, -0.1) is 0 Å². The highest BCUT2D eigenvalue weighted by molar-refractivity contribution is 5.55. The summed E-state index contributed by atoms with van der Waals surface area (Å²) < 4.78 is 0. The van der Waals surface area contributed by atoms with Crippen LogP contribution in [-0.2, 0) is 0 Å². The predicted molar refractivity (Wildman–Crippen MR) is 91.1 cm³/mol. The van der Waals surface area contributed by atoms with Crippen molar-refractivity contribution in [1.29, 1.82) is 0 Å². The molecule has 4 unspecified atom stereocenters. The standard InChI is InChI=1S/C17H25N5O2/c1-10-19-16-15(2-3-18-16)17(20-10)21-13-4-11-6-22(7-12(11)5-13)14(8-23)9-24/h2-6,10,14-21,23-24H,7-9H2,1H3. The zero-order chi connectivity index (χ0) is 16.7. The second-order valence-electron chi connectivity index (χ2n) is 6.80. The topological polar surface area (TPSA) is 91.8 Å².